The summed E-state index contributed by atoms with van der Waals surface area (Å²) >= 11 is 1.78. The third kappa shape index (κ3) is 3.89. The fraction of sp³-hybridized carbons (Fsp3) is 0.500. The highest BCUT2D eigenvalue weighted by molar-refractivity contribution is 7.98. The molecule has 6 heteroatoms. The third-order valence-corrected chi connectivity index (χ3v) is 3.64. The summed E-state index contributed by atoms with van der Waals surface area (Å²) in [7, 11) is 2.00. The van der Waals surface area contributed by atoms with Gasteiger partial charge in [-0.05, 0) is 31.9 Å². The maximum absolute atomic E-state index is 10.6. The maximum Gasteiger partial charge on any atom is 0.310 e. The van der Waals surface area contributed by atoms with Crippen LogP contribution in [-0.2, 0) is 6.54 Å². The average Bonchev–Trinajstić information content (AvgIpc) is 2.28. The second kappa shape index (κ2) is 6.61. The van der Waals surface area contributed by atoms with E-state index in [0.29, 0.717) is 12.6 Å². The van der Waals surface area contributed by atoms with Crippen molar-refractivity contribution in [3.8, 4) is 5.75 Å². The number of thioether (sulfide) groups is 1. The molecule has 0 aliphatic heterocycles. The summed E-state index contributed by atoms with van der Waals surface area (Å²) in [4.78, 5) is 12.1. The molecule has 0 saturated carbocycles. The van der Waals surface area contributed by atoms with Crippen LogP contribution in [-0.4, -0.2) is 40.0 Å². The van der Waals surface area contributed by atoms with E-state index in [-0.39, 0.29) is 11.4 Å². The van der Waals surface area contributed by atoms with Gasteiger partial charge in [-0.15, -0.1) is 0 Å². The number of nitro groups is 1. The van der Waals surface area contributed by atoms with Crippen LogP contribution in [0.3, 0.4) is 0 Å². The Hall–Kier alpha value is -1.27. The lowest BCUT2D eigenvalue weighted by Gasteiger charge is -2.24. The highest BCUT2D eigenvalue weighted by Crippen LogP contribution is 2.26. The number of phenols is 1. The van der Waals surface area contributed by atoms with Crippen molar-refractivity contribution >= 4 is 17.4 Å². The standard InChI is InChI=1S/C12H18N2O3S/c1-9(8-18-3)13(2)7-10-4-5-11(14(16)17)12(15)6-10/h4-6,9,15H,7-8H2,1-3H3/t9-/m0/s1. The zero-order chi connectivity index (χ0) is 13.7. The Morgan fingerprint density at radius 2 is 2.22 bits per heavy atom. The van der Waals surface area contributed by atoms with Crippen molar-refractivity contribution in [1.29, 1.82) is 0 Å². The molecule has 0 fully saturated rings. The van der Waals surface area contributed by atoms with E-state index in [2.05, 4.69) is 18.1 Å². The van der Waals surface area contributed by atoms with Gasteiger partial charge in [0.15, 0.2) is 5.75 Å². The Morgan fingerprint density at radius 3 is 2.72 bits per heavy atom. The molecule has 5 nitrogen and oxygen atoms in total. The van der Waals surface area contributed by atoms with E-state index < -0.39 is 4.92 Å². The topological polar surface area (TPSA) is 66.6 Å². The number of nitro benzene ring substituents is 1. The molecule has 18 heavy (non-hydrogen) atoms. The van der Waals surface area contributed by atoms with Gasteiger partial charge in [0.05, 0.1) is 4.92 Å². The third-order valence-electron chi connectivity index (χ3n) is 2.83. The van der Waals surface area contributed by atoms with Gasteiger partial charge < -0.3 is 5.11 Å². The summed E-state index contributed by atoms with van der Waals surface area (Å²) in [6.45, 7) is 2.79. The van der Waals surface area contributed by atoms with Crippen LogP contribution in [0.1, 0.15) is 12.5 Å². The van der Waals surface area contributed by atoms with Crippen molar-refractivity contribution in [1.82, 2.24) is 4.90 Å². The van der Waals surface area contributed by atoms with Crippen LogP contribution in [0.5, 0.6) is 5.75 Å². The highest BCUT2D eigenvalue weighted by Gasteiger charge is 2.15. The fourth-order valence-electron chi connectivity index (χ4n) is 1.63. The maximum atomic E-state index is 10.6. The molecule has 0 amide bonds. The Labute approximate surface area is 111 Å². The van der Waals surface area contributed by atoms with E-state index >= 15 is 0 Å². The molecule has 0 aromatic heterocycles. The van der Waals surface area contributed by atoms with Gasteiger partial charge in [0, 0.05) is 24.4 Å². The second-order valence-corrected chi connectivity index (χ2v) is 5.21. The zero-order valence-corrected chi connectivity index (χ0v) is 11.6. The molecular formula is C12H18N2O3S. The predicted octanol–water partition coefficient (Wildman–Crippen LogP) is 2.48. The van der Waals surface area contributed by atoms with E-state index in [1.165, 1.54) is 12.1 Å². The van der Waals surface area contributed by atoms with Gasteiger partial charge in [-0.3, -0.25) is 15.0 Å². The van der Waals surface area contributed by atoms with Crippen molar-refractivity contribution in [2.24, 2.45) is 0 Å². The number of rotatable bonds is 6. The molecule has 0 radical (unpaired) electrons. The number of benzene rings is 1. The Balaban J connectivity index is 2.74. The Morgan fingerprint density at radius 1 is 1.56 bits per heavy atom. The summed E-state index contributed by atoms with van der Waals surface area (Å²) < 4.78 is 0. The van der Waals surface area contributed by atoms with Gasteiger partial charge in [0.25, 0.3) is 0 Å². The number of nitrogens with zero attached hydrogens (tertiary/aromatic N) is 2. The van der Waals surface area contributed by atoms with Crippen molar-refractivity contribution in [2.45, 2.75) is 19.5 Å². The van der Waals surface area contributed by atoms with E-state index in [9.17, 15) is 15.2 Å². The van der Waals surface area contributed by atoms with Crippen LogP contribution in [0.4, 0.5) is 5.69 Å². The molecule has 0 aliphatic rings. The highest BCUT2D eigenvalue weighted by atomic mass is 32.2. The largest absolute Gasteiger partial charge is 0.502 e. The van der Waals surface area contributed by atoms with E-state index in [0.717, 1.165) is 11.3 Å². The lowest BCUT2D eigenvalue weighted by molar-refractivity contribution is -0.385. The molecule has 0 bridgehead atoms. The Bertz CT molecular complexity index is 426. The minimum atomic E-state index is -0.584. The quantitative estimate of drug-likeness (QED) is 0.635. The van der Waals surface area contributed by atoms with Gasteiger partial charge in [0.2, 0.25) is 0 Å². The van der Waals surface area contributed by atoms with Crippen LogP contribution in [0.15, 0.2) is 18.2 Å². The average molecular weight is 270 g/mol. The molecule has 0 spiro atoms. The fourth-order valence-corrected chi connectivity index (χ4v) is 2.37. The summed E-state index contributed by atoms with van der Waals surface area (Å²) in [5, 5.41) is 20.1. The van der Waals surface area contributed by atoms with Crippen molar-refractivity contribution in [2.75, 3.05) is 19.1 Å². The summed E-state index contributed by atoms with van der Waals surface area (Å²) in [6.07, 6.45) is 2.06. The molecule has 100 valence electrons. The molecule has 0 aliphatic carbocycles. The lowest BCUT2D eigenvalue weighted by atomic mass is 10.1. The zero-order valence-electron chi connectivity index (χ0n) is 10.8. The summed E-state index contributed by atoms with van der Waals surface area (Å²) in [6, 6.07) is 4.90. The molecule has 0 unspecified atom stereocenters. The monoisotopic (exact) mass is 270 g/mol. The summed E-state index contributed by atoms with van der Waals surface area (Å²) in [5.41, 5.74) is 0.618. The molecule has 0 saturated heterocycles. The number of hydrogen-bond acceptors (Lipinski definition) is 5. The summed E-state index contributed by atoms with van der Waals surface area (Å²) in [5.74, 6) is 0.749. The van der Waals surface area contributed by atoms with Crippen molar-refractivity contribution in [3.05, 3.63) is 33.9 Å². The molecule has 1 aromatic rings. The first kappa shape index (κ1) is 14.8. The smallest absolute Gasteiger partial charge is 0.310 e. The predicted molar refractivity (Wildman–Crippen MR) is 74.1 cm³/mol. The Kier molecular flexibility index (Phi) is 5.43. The van der Waals surface area contributed by atoms with Gasteiger partial charge in [-0.25, -0.2) is 0 Å². The molecule has 1 atom stereocenters. The molecular weight excluding hydrogens is 252 g/mol. The van der Waals surface area contributed by atoms with Crippen molar-refractivity contribution < 1.29 is 10.0 Å². The normalized spacial score (nSPS) is 12.7. The van der Waals surface area contributed by atoms with Gasteiger partial charge in [-0.2, -0.15) is 11.8 Å². The van der Waals surface area contributed by atoms with Crippen LogP contribution < -0.4 is 0 Å². The van der Waals surface area contributed by atoms with Crippen LogP contribution in [0, 0.1) is 10.1 Å². The lowest BCUT2D eigenvalue weighted by Crippen LogP contribution is -2.30. The van der Waals surface area contributed by atoms with Crippen LogP contribution in [0.2, 0.25) is 0 Å². The van der Waals surface area contributed by atoms with E-state index in [1.807, 2.05) is 7.05 Å². The second-order valence-electron chi connectivity index (χ2n) is 4.30. The minimum Gasteiger partial charge on any atom is -0.502 e. The molecule has 1 rings (SSSR count). The van der Waals surface area contributed by atoms with Crippen molar-refractivity contribution in [3.63, 3.8) is 0 Å². The number of hydrogen-bond donors (Lipinski definition) is 1. The van der Waals surface area contributed by atoms with Gasteiger partial charge in [0.1, 0.15) is 0 Å². The van der Waals surface area contributed by atoms with Gasteiger partial charge in [-0.1, -0.05) is 6.07 Å². The number of phenolic OH excluding ortho intramolecular Hbond substituents is 1. The first-order valence-corrected chi connectivity index (χ1v) is 7.00. The first-order chi connectivity index (χ1) is 8.45. The van der Waals surface area contributed by atoms with Crippen LogP contribution >= 0.6 is 11.8 Å². The van der Waals surface area contributed by atoms with E-state index in [1.54, 1.807) is 17.8 Å². The minimum absolute atomic E-state index is 0.251. The SMILES string of the molecule is CSC[C@H](C)N(C)Cc1ccc([N+](=O)[O-])c(O)c1. The first-order valence-electron chi connectivity index (χ1n) is 5.61. The molecule has 1 aromatic carbocycles. The van der Waals surface area contributed by atoms with Gasteiger partial charge >= 0.3 is 5.69 Å². The van der Waals surface area contributed by atoms with Crippen LogP contribution in [0.25, 0.3) is 0 Å². The number of aromatic hydroxyl groups is 1. The van der Waals surface area contributed by atoms with E-state index in [4.69, 9.17) is 0 Å². The molecule has 1 N–H and O–H groups in total. The molecule has 0 heterocycles.